The Hall–Kier alpha value is -1.39. The van der Waals surface area contributed by atoms with Crippen molar-refractivity contribution in [3.63, 3.8) is 0 Å². The summed E-state index contributed by atoms with van der Waals surface area (Å²) in [5.74, 6) is 0. The number of halogens is 3. The molecule has 1 aromatic rings. The quantitative estimate of drug-likeness (QED) is 0.889. The van der Waals surface area contributed by atoms with Crippen LogP contribution in [0.5, 0.6) is 0 Å². The molecule has 106 valence electrons. The van der Waals surface area contributed by atoms with E-state index in [9.17, 15) is 13.2 Å². The third kappa shape index (κ3) is 4.65. The van der Waals surface area contributed by atoms with Crippen molar-refractivity contribution in [3.05, 3.63) is 24.3 Å². The Morgan fingerprint density at radius 3 is 2.21 bits per heavy atom. The van der Waals surface area contributed by atoms with Crippen molar-refractivity contribution in [1.82, 2.24) is 0 Å². The summed E-state index contributed by atoms with van der Waals surface area (Å²) in [5, 5.41) is 2.79. The number of hydrogen-bond acceptors (Lipinski definition) is 2. The fourth-order valence-electron chi connectivity index (χ4n) is 2.29. The predicted octanol–water partition coefficient (Wildman–Crippen LogP) is 4.04. The van der Waals surface area contributed by atoms with Gasteiger partial charge in [0.1, 0.15) is 0 Å². The zero-order chi connectivity index (χ0) is 13.7. The highest BCUT2D eigenvalue weighted by atomic mass is 19.4. The Bertz CT molecular complexity index is 381. The summed E-state index contributed by atoms with van der Waals surface area (Å²) in [6, 6.07) is 7.64. The molecule has 2 nitrogen and oxygen atoms in total. The molecule has 19 heavy (non-hydrogen) atoms. The Morgan fingerprint density at radius 2 is 1.63 bits per heavy atom. The van der Waals surface area contributed by atoms with Gasteiger partial charge in [-0.2, -0.15) is 13.2 Å². The van der Waals surface area contributed by atoms with E-state index in [4.69, 9.17) is 0 Å². The second-order valence-electron chi connectivity index (χ2n) is 4.89. The summed E-state index contributed by atoms with van der Waals surface area (Å²) in [7, 11) is 0. The molecule has 0 saturated carbocycles. The molecule has 0 atom stereocenters. The first-order valence-corrected chi connectivity index (χ1v) is 6.70. The molecular formula is C14H19F3N2. The highest BCUT2D eigenvalue weighted by molar-refractivity contribution is 5.55. The molecular weight excluding hydrogens is 253 g/mol. The molecule has 1 saturated heterocycles. The van der Waals surface area contributed by atoms with Gasteiger partial charge in [-0.05, 0) is 43.5 Å². The lowest BCUT2D eigenvalue weighted by atomic mass is 10.1. The first-order valence-electron chi connectivity index (χ1n) is 6.70. The largest absolute Gasteiger partial charge is 0.390 e. The van der Waals surface area contributed by atoms with Gasteiger partial charge >= 0.3 is 6.18 Å². The van der Waals surface area contributed by atoms with Gasteiger partial charge < -0.3 is 10.2 Å². The van der Waals surface area contributed by atoms with Crippen LogP contribution in [0.15, 0.2) is 24.3 Å². The molecule has 0 bridgehead atoms. The molecule has 0 aromatic heterocycles. The molecule has 0 unspecified atom stereocenters. The van der Waals surface area contributed by atoms with E-state index in [1.165, 1.54) is 19.3 Å². The predicted molar refractivity (Wildman–Crippen MR) is 71.7 cm³/mol. The van der Waals surface area contributed by atoms with Crippen LogP contribution in [-0.2, 0) is 0 Å². The minimum absolute atomic E-state index is 0.0768. The van der Waals surface area contributed by atoms with Crippen LogP contribution in [0.4, 0.5) is 24.5 Å². The topological polar surface area (TPSA) is 15.3 Å². The SMILES string of the molecule is FC(F)(F)CCNc1ccc(N2CCCCC2)cc1. The monoisotopic (exact) mass is 272 g/mol. The Morgan fingerprint density at radius 1 is 1.00 bits per heavy atom. The highest BCUT2D eigenvalue weighted by Crippen LogP contribution is 2.23. The molecule has 0 radical (unpaired) electrons. The lowest BCUT2D eigenvalue weighted by Gasteiger charge is -2.28. The van der Waals surface area contributed by atoms with Crippen LogP contribution >= 0.6 is 0 Å². The zero-order valence-corrected chi connectivity index (χ0v) is 10.8. The van der Waals surface area contributed by atoms with Crippen molar-refractivity contribution < 1.29 is 13.2 Å². The number of nitrogens with zero attached hydrogens (tertiary/aromatic N) is 1. The van der Waals surface area contributed by atoms with Crippen LogP contribution in [-0.4, -0.2) is 25.8 Å². The number of anilines is 2. The number of alkyl halides is 3. The Kier molecular flexibility index (Phi) is 4.56. The summed E-state index contributed by atoms with van der Waals surface area (Å²) in [5.41, 5.74) is 1.89. The van der Waals surface area contributed by atoms with Gasteiger partial charge in [0.25, 0.3) is 0 Å². The Labute approximate surface area is 111 Å². The van der Waals surface area contributed by atoms with Crippen LogP contribution in [0, 0.1) is 0 Å². The summed E-state index contributed by atoms with van der Waals surface area (Å²) < 4.78 is 36.1. The average Bonchev–Trinajstić information content (AvgIpc) is 2.39. The average molecular weight is 272 g/mol. The van der Waals surface area contributed by atoms with Crippen molar-refractivity contribution in [2.45, 2.75) is 31.9 Å². The minimum Gasteiger partial charge on any atom is -0.385 e. The lowest BCUT2D eigenvalue weighted by Crippen LogP contribution is -2.29. The number of benzene rings is 1. The molecule has 2 rings (SSSR count). The maximum absolute atomic E-state index is 12.0. The summed E-state index contributed by atoms with van der Waals surface area (Å²) >= 11 is 0. The third-order valence-corrected chi connectivity index (χ3v) is 3.33. The molecule has 1 heterocycles. The van der Waals surface area contributed by atoms with Crippen LogP contribution in [0.1, 0.15) is 25.7 Å². The van der Waals surface area contributed by atoms with Gasteiger partial charge in [-0.15, -0.1) is 0 Å². The van der Waals surface area contributed by atoms with E-state index < -0.39 is 12.6 Å². The zero-order valence-electron chi connectivity index (χ0n) is 10.8. The van der Waals surface area contributed by atoms with Gasteiger partial charge in [-0.1, -0.05) is 0 Å². The first-order chi connectivity index (χ1) is 9.04. The maximum atomic E-state index is 12.0. The number of rotatable bonds is 4. The molecule has 0 aliphatic carbocycles. The van der Waals surface area contributed by atoms with Crippen molar-refractivity contribution in [3.8, 4) is 0 Å². The van der Waals surface area contributed by atoms with Crippen LogP contribution < -0.4 is 10.2 Å². The van der Waals surface area contributed by atoms with Gasteiger partial charge in [0.15, 0.2) is 0 Å². The van der Waals surface area contributed by atoms with Crippen molar-refractivity contribution in [2.24, 2.45) is 0 Å². The van der Waals surface area contributed by atoms with Crippen molar-refractivity contribution in [1.29, 1.82) is 0 Å². The lowest BCUT2D eigenvalue weighted by molar-refractivity contribution is -0.131. The van der Waals surface area contributed by atoms with E-state index in [2.05, 4.69) is 10.2 Å². The second kappa shape index (κ2) is 6.17. The molecule has 1 aliphatic rings. The van der Waals surface area contributed by atoms with Crippen LogP contribution in [0.2, 0.25) is 0 Å². The van der Waals surface area contributed by atoms with E-state index in [-0.39, 0.29) is 6.54 Å². The van der Waals surface area contributed by atoms with Gasteiger partial charge in [0.2, 0.25) is 0 Å². The van der Waals surface area contributed by atoms with Crippen molar-refractivity contribution >= 4 is 11.4 Å². The van der Waals surface area contributed by atoms with E-state index in [0.29, 0.717) is 0 Å². The van der Waals surface area contributed by atoms with Gasteiger partial charge in [-0.3, -0.25) is 0 Å². The molecule has 1 fully saturated rings. The summed E-state index contributed by atoms with van der Waals surface area (Å²) in [4.78, 5) is 2.32. The van der Waals surface area contributed by atoms with E-state index in [1.807, 2.05) is 24.3 Å². The molecule has 1 aliphatic heterocycles. The molecule has 0 amide bonds. The second-order valence-corrected chi connectivity index (χ2v) is 4.89. The standard InChI is InChI=1S/C14H19F3N2/c15-14(16,17)8-9-18-12-4-6-13(7-5-12)19-10-2-1-3-11-19/h4-7,18H,1-3,8-11H2. The molecule has 1 N–H and O–H groups in total. The minimum atomic E-state index is -4.10. The normalized spacial score (nSPS) is 16.5. The van der Waals surface area contributed by atoms with Gasteiger partial charge in [0, 0.05) is 31.0 Å². The Balaban J connectivity index is 1.84. The summed E-state index contributed by atoms with van der Waals surface area (Å²) in [6.07, 6.45) is -1.19. The number of hydrogen-bond donors (Lipinski definition) is 1. The number of nitrogens with one attached hydrogen (secondary N) is 1. The summed E-state index contributed by atoms with van der Waals surface area (Å²) in [6.45, 7) is 2.06. The van der Waals surface area contributed by atoms with E-state index in [1.54, 1.807) is 0 Å². The fraction of sp³-hybridized carbons (Fsp3) is 0.571. The molecule has 1 aromatic carbocycles. The molecule has 5 heteroatoms. The highest BCUT2D eigenvalue weighted by Gasteiger charge is 2.26. The number of piperidine rings is 1. The van der Waals surface area contributed by atoms with Gasteiger partial charge in [-0.25, -0.2) is 0 Å². The molecule has 0 spiro atoms. The smallest absolute Gasteiger partial charge is 0.385 e. The fourth-order valence-corrected chi connectivity index (χ4v) is 2.29. The van der Waals surface area contributed by atoms with Crippen LogP contribution in [0.3, 0.4) is 0 Å². The van der Waals surface area contributed by atoms with E-state index in [0.717, 1.165) is 24.5 Å². The van der Waals surface area contributed by atoms with E-state index >= 15 is 0 Å². The van der Waals surface area contributed by atoms with Gasteiger partial charge in [0.05, 0.1) is 6.42 Å². The van der Waals surface area contributed by atoms with Crippen LogP contribution in [0.25, 0.3) is 0 Å². The third-order valence-electron chi connectivity index (χ3n) is 3.33. The first kappa shape index (κ1) is 14.0. The maximum Gasteiger partial charge on any atom is 0.390 e. The van der Waals surface area contributed by atoms with Crippen molar-refractivity contribution in [2.75, 3.05) is 29.9 Å².